The van der Waals surface area contributed by atoms with E-state index in [0.29, 0.717) is 5.92 Å². The topological polar surface area (TPSA) is 49.3 Å². The molecule has 0 amide bonds. The van der Waals surface area contributed by atoms with Gasteiger partial charge in [0.1, 0.15) is 6.04 Å². The third-order valence-electron chi connectivity index (χ3n) is 2.51. The Balaban J connectivity index is 2.08. The second kappa shape index (κ2) is 4.23. The third-order valence-corrected chi connectivity index (χ3v) is 3.00. The Morgan fingerprint density at radius 3 is 2.80 bits per heavy atom. The van der Waals surface area contributed by atoms with Crippen LogP contribution in [0.3, 0.4) is 0 Å². The molecule has 1 unspecified atom stereocenters. The van der Waals surface area contributed by atoms with E-state index in [-0.39, 0.29) is 0 Å². The van der Waals surface area contributed by atoms with Gasteiger partial charge in [-0.25, -0.2) is 4.79 Å². The van der Waals surface area contributed by atoms with Gasteiger partial charge in [0, 0.05) is 10.2 Å². The first-order valence-corrected chi connectivity index (χ1v) is 5.71. The van der Waals surface area contributed by atoms with Crippen LogP contribution in [0.2, 0.25) is 0 Å². The maximum absolute atomic E-state index is 11.0. The molecular weight excluding hydrogens is 258 g/mol. The molecule has 15 heavy (non-hydrogen) atoms. The summed E-state index contributed by atoms with van der Waals surface area (Å²) in [5.74, 6) is -0.473. The van der Waals surface area contributed by atoms with Gasteiger partial charge in [-0.3, -0.25) is 0 Å². The van der Waals surface area contributed by atoms with Crippen molar-refractivity contribution >= 4 is 27.6 Å². The Hall–Kier alpha value is -1.03. The highest BCUT2D eigenvalue weighted by Crippen LogP contribution is 2.34. The average molecular weight is 270 g/mol. The second-order valence-electron chi connectivity index (χ2n) is 3.81. The van der Waals surface area contributed by atoms with Gasteiger partial charge in [0.05, 0.1) is 0 Å². The summed E-state index contributed by atoms with van der Waals surface area (Å²) in [6, 6.07) is 7.12. The maximum atomic E-state index is 11.0. The zero-order valence-electron chi connectivity index (χ0n) is 8.11. The molecule has 0 saturated heterocycles. The molecule has 0 radical (unpaired) electrons. The molecule has 0 bridgehead atoms. The molecule has 1 aromatic carbocycles. The highest BCUT2D eigenvalue weighted by molar-refractivity contribution is 9.10. The lowest BCUT2D eigenvalue weighted by atomic mass is 10.2. The van der Waals surface area contributed by atoms with Crippen molar-refractivity contribution in [3.8, 4) is 0 Å². The fraction of sp³-hybridized carbons (Fsp3) is 0.364. The lowest BCUT2D eigenvalue weighted by molar-refractivity contribution is -0.138. The summed E-state index contributed by atoms with van der Waals surface area (Å²) in [5.41, 5.74) is 0.851. The standard InChI is InChI=1S/C11H12BrNO2/c12-8-2-1-3-9(6-8)13-10(11(14)15)7-4-5-7/h1-3,6-7,10,13H,4-5H2,(H,14,15). The molecule has 0 spiro atoms. The summed E-state index contributed by atoms with van der Waals surface area (Å²) in [6.07, 6.45) is 2.02. The molecule has 0 aliphatic heterocycles. The van der Waals surface area contributed by atoms with Crippen molar-refractivity contribution in [1.29, 1.82) is 0 Å². The van der Waals surface area contributed by atoms with Gasteiger partial charge in [-0.1, -0.05) is 22.0 Å². The Kier molecular flexibility index (Phi) is 2.95. The van der Waals surface area contributed by atoms with E-state index in [2.05, 4.69) is 21.2 Å². The predicted octanol–water partition coefficient (Wildman–Crippen LogP) is 2.72. The van der Waals surface area contributed by atoms with Crippen LogP contribution in [0.15, 0.2) is 28.7 Å². The molecule has 2 rings (SSSR count). The SMILES string of the molecule is O=C(O)C(Nc1cccc(Br)c1)C1CC1. The van der Waals surface area contributed by atoms with Gasteiger partial charge in [0.25, 0.3) is 0 Å². The number of aliphatic carboxylic acids is 1. The van der Waals surface area contributed by atoms with Crippen molar-refractivity contribution in [3.05, 3.63) is 28.7 Å². The minimum atomic E-state index is -0.766. The molecule has 3 nitrogen and oxygen atoms in total. The van der Waals surface area contributed by atoms with Crippen LogP contribution < -0.4 is 5.32 Å². The smallest absolute Gasteiger partial charge is 0.326 e. The van der Waals surface area contributed by atoms with Gasteiger partial charge in [0.2, 0.25) is 0 Å². The van der Waals surface area contributed by atoms with Crippen LogP contribution in [0.4, 0.5) is 5.69 Å². The first-order valence-electron chi connectivity index (χ1n) is 4.92. The zero-order valence-corrected chi connectivity index (χ0v) is 9.70. The number of hydrogen-bond donors (Lipinski definition) is 2. The Morgan fingerprint density at radius 2 is 2.27 bits per heavy atom. The molecular formula is C11H12BrNO2. The van der Waals surface area contributed by atoms with E-state index in [1.807, 2.05) is 24.3 Å². The minimum Gasteiger partial charge on any atom is -0.480 e. The molecule has 1 atom stereocenters. The van der Waals surface area contributed by atoms with Crippen LogP contribution in [-0.2, 0) is 4.79 Å². The maximum Gasteiger partial charge on any atom is 0.326 e. The highest BCUT2D eigenvalue weighted by Gasteiger charge is 2.36. The number of nitrogens with one attached hydrogen (secondary N) is 1. The molecule has 2 N–H and O–H groups in total. The summed E-state index contributed by atoms with van der Waals surface area (Å²) in [5, 5.41) is 12.1. The summed E-state index contributed by atoms with van der Waals surface area (Å²) in [6.45, 7) is 0. The van der Waals surface area contributed by atoms with E-state index in [4.69, 9.17) is 5.11 Å². The molecule has 0 aromatic heterocycles. The first-order chi connectivity index (χ1) is 7.16. The summed E-state index contributed by atoms with van der Waals surface area (Å²) < 4.78 is 0.951. The first kappa shape index (κ1) is 10.5. The summed E-state index contributed by atoms with van der Waals surface area (Å²) in [7, 11) is 0. The van der Waals surface area contributed by atoms with Gasteiger partial charge in [0.15, 0.2) is 0 Å². The Morgan fingerprint density at radius 1 is 1.53 bits per heavy atom. The molecule has 0 heterocycles. The van der Waals surface area contributed by atoms with E-state index in [0.717, 1.165) is 23.0 Å². The molecule has 4 heteroatoms. The zero-order chi connectivity index (χ0) is 10.8. The Labute approximate surface area is 96.6 Å². The van der Waals surface area contributed by atoms with Crippen LogP contribution in [0.1, 0.15) is 12.8 Å². The molecule has 1 aliphatic carbocycles. The molecule has 1 aliphatic rings. The second-order valence-corrected chi connectivity index (χ2v) is 4.72. The number of carboxylic acids is 1. The van der Waals surface area contributed by atoms with Crippen LogP contribution in [0.5, 0.6) is 0 Å². The number of anilines is 1. The number of hydrogen-bond acceptors (Lipinski definition) is 2. The average Bonchev–Trinajstić information content (AvgIpc) is 2.97. The number of halogens is 1. The third kappa shape index (κ3) is 2.72. The lowest BCUT2D eigenvalue weighted by Crippen LogP contribution is -2.31. The lowest BCUT2D eigenvalue weighted by Gasteiger charge is -2.14. The van der Waals surface area contributed by atoms with Crippen molar-refractivity contribution in [2.45, 2.75) is 18.9 Å². The number of carbonyl (C=O) groups is 1. The van der Waals surface area contributed by atoms with E-state index < -0.39 is 12.0 Å². The summed E-state index contributed by atoms with van der Waals surface area (Å²) in [4.78, 5) is 11.0. The van der Waals surface area contributed by atoms with Crippen LogP contribution in [-0.4, -0.2) is 17.1 Å². The van der Waals surface area contributed by atoms with E-state index >= 15 is 0 Å². The van der Waals surface area contributed by atoms with Crippen LogP contribution in [0, 0.1) is 5.92 Å². The van der Waals surface area contributed by atoms with Crippen LogP contribution in [0.25, 0.3) is 0 Å². The summed E-state index contributed by atoms with van der Waals surface area (Å²) >= 11 is 3.35. The monoisotopic (exact) mass is 269 g/mol. The minimum absolute atomic E-state index is 0.293. The van der Waals surface area contributed by atoms with Gasteiger partial charge in [-0.15, -0.1) is 0 Å². The molecule has 1 fully saturated rings. The van der Waals surface area contributed by atoms with Crippen molar-refractivity contribution < 1.29 is 9.90 Å². The van der Waals surface area contributed by atoms with Gasteiger partial charge < -0.3 is 10.4 Å². The molecule has 1 saturated carbocycles. The number of carboxylic acid groups (broad SMARTS) is 1. The van der Waals surface area contributed by atoms with Gasteiger partial charge >= 0.3 is 5.97 Å². The van der Waals surface area contributed by atoms with Crippen molar-refractivity contribution in [1.82, 2.24) is 0 Å². The largest absolute Gasteiger partial charge is 0.480 e. The fourth-order valence-electron chi connectivity index (χ4n) is 1.57. The quantitative estimate of drug-likeness (QED) is 0.884. The highest BCUT2D eigenvalue weighted by atomic mass is 79.9. The van der Waals surface area contributed by atoms with Gasteiger partial charge in [-0.05, 0) is 37.0 Å². The van der Waals surface area contributed by atoms with Crippen molar-refractivity contribution in [2.24, 2.45) is 5.92 Å². The van der Waals surface area contributed by atoms with E-state index in [1.165, 1.54) is 0 Å². The number of benzene rings is 1. The van der Waals surface area contributed by atoms with Crippen molar-refractivity contribution in [3.63, 3.8) is 0 Å². The molecule has 1 aromatic rings. The Bertz CT molecular complexity index is 377. The normalized spacial score (nSPS) is 17.1. The van der Waals surface area contributed by atoms with E-state index in [9.17, 15) is 4.79 Å². The van der Waals surface area contributed by atoms with E-state index in [1.54, 1.807) is 0 Å². The fourth-order valence-corrected chi connectivity index (χ4v) is 1.97. The predicted molar refractivity (Wildman–Crippen MR) is 61.9 cm³/mol. The van der Waals surface area contributed by atoms with Crippen molar-refractivity contribution in [2.75, 3.05) is 5.32 Å². The van der Waals surface area contributed by atoms with Crippen LogP contribution >= 0.6 is 15.9 Å². The number of rotatable bonds is 4. The van der Waals surface area contributed by atoms with Gasteiger partial charge in [-0.2, -0.15) is 0 Å². The molecule has 80 valence electrons.